The van der Waals surface area contributed by atoms with E-state index in [1.54, 1.807) is 64.5 Å². The third kappa shape index (κ3) is 6.77. The van der Waals surface area contributed by atoms with Crippen molar-refractivity contribution in [3.8, 4) is 11.5 Å². The first kappa shape index (κ1) is 30.7. The highest BCUT2D eigenvalue weighted by Gasteiger charge is 2.35. The van der Waals surface area contributed by atoms with Gasteiger partial charge < -0.3 is 34.3 Å². The molecule has 1 aromatic heterocycles. The van der Waals surface area contributed by atoms with Crippen LogP contribution in [0.3, 0.4) is 0 Å². The van der Waals surface area contributed by atoms with Crippen LogP contribution in [0.5, 0.6) is 11.5 Å². The summed E-state index contributed by atoms with van der Waals surface area (Å²) < 4.78 is 41.9. The minimum absolute atomic E-state index is 0.0256. The maximum atomic E-state index is 13.7. The summed E-state index contributed by atoms with van der Waals surface area (Å²) in [4.78, 5) is 33.7. The van der Waals surface area contributed by atoms with E-state index in [1.807, 2.05) is 6.92 Å². The van der Waals surface area contributed by atoms with Gasteiger partial charge in [-0.2, -0.15) is 8.42 Å². The average molecular weight is 601 g/mol. The van der Waals surface area contributed by atoms with Gasteiger partial charge in [0.15, 0.2) is 10.8 Å². The molecule has 0 unspecified atom stereocenters. The van der Waals surface area contributed by atoms with Crippen LogP contribution in [0.4, 0.5) is 16.2 Å². The van der Waals surface area contributed by atoms with Crippen molar-refractivity contribution in [3.63, 3.8) is 0 Å². The number of imidazole rings is 1. The van der Waals surface area contributed by atoms with E-state index >= 15 is 0 Å². The number of fused-ring (bicyclic) bond motifs is 1. The number of urea groups is 1. The lowest BCUT2D eigenvalue weighted by Gasteiger charge is -2.38. The summed E-state index contributed by atoms with van der Waals surface area (Å²) >= 11 is 0. The number of hydrogen-bond acceptors (Lipinski definition) is 8. The van der Waals surface area contributed by atoms with Crippen LogP contribution in [0.15, 0.2) is 60.0 Å². The van der Waals surface area contributed by atoms with Crippen molar-refractivity contribution in [1.29, 1.82) is 0 Å². The summed E-state index contributed by atoms with van der Waals surface area (Å²) in [6, 6.07) is 10.6. The average Bonchev–Trinajstić information content (AvgIpc) is 3.42. The standard InChI is InChI=1S/C28H36N6O7S/c1-18-13-34(19(2)16-35)27(36)22-7-6-8-23(31-42(38,39)25-15-32(3)17-29-25)26(22)41-24(18)14-33(4)28(37)30-20-9-11-21(40-5)12-10-20/h6-12,15,17-19,24,31,35H,13-14,16H2,1-5H3,(H,30,37)/t18-,19+,24-/m0/s1. The van der Waals surface area contributed by atoms with Crippen LogP contribution in [-0.2, 0) is 17.1 Å². The van der Waals surface area contributed by atoms with E-state index in [-0.39, 0.29) is 53.7 Å². The van der Waals surface area contributed by atoms with E-state index in [9.17, 15) is 23.1 Å². The van der Waals surface area contributed by atoms with Gasteiger partial charge in [0.05, 0.1) is 43.9 Å². The molecule has 3 amide bonds. The van der Waals surface area contributed by atoms with Gasteiger partial charge in [-0.1, -0.05) is 13.0 Å². The number of amides is 3. The number of benzene rings is 2. The van der Waals surface area contributed by atoms with Crippen molar-refractivity contribution in [2.45, 2.75) is 31.0 Å². The molecule has 0 radical (unpaired) electrons. The fraction of sp³-hybridized carbons (Fsp3) is 0.393. The highest BCUT2D eigenvalue weighted by Crippen LogP contribution is 2.36. The molecule has 3 atom stereocenters. The van der Waals surface area contributed by atoms with Gasteiger partial charge in [-0.25, -0.2) is 9.78 Å². The van der Waals surface area contributed by atoms with Crippen LogP contribution in [0.1, 0.15) is 24.2 Å². The summed E-state index contributed by atoms with van der Waals surface area (Å²) in [6.45, 7) is 3.68. The van der Waals surface area contributed by atoms with Crippen molar-refractivity contribution >= 4 is 33.3 Å². The third-order valence-corrected chi connectivity index (χ3v) is 8.28. The first-order valence-corrected chi connectivity index (χ1v) is 14.8. The number of aromatic nitrogens is 2. The van der Waals surface area contributed by atoms with Gasteiger partial charge in [0.2, 0.25) is 0 Å². The second kappa shape index (κ2) is 12.7. The molecule has 2 aromatic carbocycles. The van der Waals surface area contributed by atoms with Gasteiger partial charge in [0, 0.05) is 38.4 Å². The summed E-state index contributed by atoms with van der Waals surface area (Å²) in [5.41, 5.74) is 0.746. The topological polar surface area (TPSA) is 155 Å². The number of likely N-dealkylation sites (N-methyl/N-ethyl adjacent to an activating group) is 1. The largest absolute Gasteiger partial charge is 0.497 e. The van der Waals surface area contributed by atoms with Crippen molar-refractivity contribution in [2.24, 2.45) is 13.0 Å². The second-order valence-corrected chi connectivity index (χ2v) is 12.0. The Bertz CT molecular complexity index is 1530. The number of ether oxygens (including phenoxy) is 2. The lowest BCUT2D eigenvalue weighted by atomic mass is 9.99. The van der Waals surface area contributed by atoms with Gasteiger partial charge in [0.25, 0.3) is 15.9 Å². The fourth-order valence-electron chi connectivity index (χ4n) is 4.51. The molecule has 226 valence electrons. The Morgan fingerprint density at radius 3 is 2.60 bits per heavy atom. The number of aryl methyl sites for hydroxylation is 1. The minimum Gasteiger partial charge on any atom is -0.497 e. The van der Waals surface area contributed by atoms with E-state index in [2.05, 4.69) is 15.0 Å². The molecule has 0 fully saturated rings. The number of carbonyl (C=O) groups excluding carboxylic acids is 2. The maximum Gasteiger partial charge on any atom is 0.321 e. The molecule has 0 aliphatic carbocycles. The van der Waals surface area contributed by atoms with Crippen LogP contribution in [-0.4, -0.2) is 90.8 Å². The molecule has 14 heteroatoms. The molecule has 0 spiro atoms. The van der Waals surface area contributed by atoms with Gasteiger partial charge in [0.1, 0.15) is 11.9 Å². The summed E-state index contributed by atoms with van der Waals surface area (Å²) in [5, 5.41) is 12.5. The number of sulfonamides is 1. The zero-order valence-corrected chi connectivity index (χ0v) is 25.0. The van der Waals surface area contributed by atoms with E-state index in [4.69, 9.17) is 9.47 Å². The summed E-state index contributed by atoms with van der Waals surface area (Å²) in [5.74, 6) is -0.0470. The first-order valence-electron chi connectivity index (χ1n) is 13.3. The predicted molar refractivity (Wildman–Crippen MR) is 156 cm³/mol. The van der Waals surface area contributed by atoms with E-state index < -0.39 is 28.1 Å². The number of aliphatic hydroxyl groups excluding tert-OH is 1. The highest BCUT2D eigenvalue weighted by molar-refractivity contribution is 7.92. The molecule has 0 saturated heterocycles. The quantitative estimate of drug-likeness (QED) is 0.339. The Balaban J connectivity index is 1.66. The zero-order chi connectivity index (χ0) is 30.6. The van der Waals surface area contributed by atoms with Crippen molar-refractivity contribution < 1.29 is 32.6 Å². The number of rotatable bonds is 9. The van der Waals surface area contributed by atoms with Crippen LogP contribution in [0.2, 0.25) is 0 Å². The Kier molecular flexibility index (Phi) is 9.27. The number of methoxy groups -OCH3 is 1. The van der Waals surface area contributed by atoms with E-state index in [1.165, 1.54) is 33.0 Å². The molecule has 13 nitrogen and oxygen atoms in total. The molecule has 3 N–H and O–H groups in total. The number of aliphatic hydroxyl groups is 1. The van der Waals surface area contributed by atoms with E-state index in [0.717, 1.165) is 0 Å². The Hall–Kier alpha value is -4.30. The predicted octanol–water partition coefficient (Wildman–Crippen LogP) is 2.61. The fourth-order valence-corrected chi connectivity index (χ4v) is 5.56. The lowest BCUT2D eigenvalue weighted by Crippen LogP contribution is -2.50. The van der Waals surface area contributed by atoms with Crippen molar-refractivity contribution in [2.75, 3.05) is 43.9 Å². The lowest BCUT2D eigenvalue weighted by molar-refractivity contribution is 0.0373. The molecule has 4 rings (SSSR count). The number of anilines is 2. The van der Waals surface area contributed by atoms with E-state index in [0.29, 0.717) is 11.4 Å². The summed E-state index contributed by atoms with van der Waals surface area (Å²) in [7, 11) is 0.703. The Morgan fingerprint density at radius 1 is 1.26 bits per heavy atom. The molecule has 1 aliphatic heterocycles. The zero-order valence-electron chi connectivity index (χ0n) is 24.1. The SMILES string of the molecule is COc1ccc(NC(=O)N(C)C[C@@H]2Oc3c(NS(=O)(=O)c4cn(C)cn4)cccc3C(=O)N([C@H](C)CO)C[C@@H]2C)cc1. The Labute approximate surface area is 245 Å². The molecule has 1 aliphatic rings. The molecule has 3 aromatic rings. The molecule has 0 saturated carbocycles. The second-order valence-electron chi connectivity index (χ2n) is 10.3. The molecule has 2 heterocycles. The Morgan fingerprint density at radius 2 is 1.98 bits per heavy atom. The van der Waals surface area contributed by atoms with Crippen LogP contribution >= 0.6 is 0 Å². The van der Waals surface area contributed by atoms with Gasteiger partial charge in [-0.3, -0.25) is 9.52 Å². The van der Waals surface area contributed by atoms with Gasteiger partial charge >= 0.3 is 6.03 Å². The highest BCUT2D eigenvalue weighted by atomic mass is 32.2. The van der Waals surface area contributed by atoms with Crippen LogP contribution < -0.4 is 19.5 Å². The van der Waals surface area contributed by atoms with Crippen molar-refractivity contribution in [1.82, 2.24) is 19.4 Å². The van der Waals surface area contributed by atoms with Crippen molar-refractivity contribution in [3.05, 3.63) is 60.6 Å². The number of para-hydroxylation sites is 1. The first-order chi connectivity index (χ1) is 19.9. The number of nitrogens with zero attached hydrogens (tertiary/aromatic N) is 4. The van der Waals surface area contributed by atoms with Crippen LogP contribution in [0, 0.1) is 5.92 Å². The minimum atomic E-state index is -4.12. The maximum absolute atomic E-state index is 13.7. The number of carbonyl (C=O) groups is 2. The van der Waals surface area contributed by atoms with Crippen LogP contribution in [0.25, 0.3) is 0 Å². The number of nitrogens with one attached hydrogen (secondary N) is 2. The van der Waals surface area contributed by atoms with Gasteiger partial charge in [-0.15, -0.1) is 0 Å². The molecular formula is C28H36N6O7S. The number of hydrogen-bond donors (Lipinski definition) is 3. The molecular weight excluding hydrogens is 564 g/mol. The molecule has 42 heavy (non-hydrogen) atoms. The third-order valence-electron chi connectivity index (χ3n) is 7.03. The molecule has 0 bridgehead atoms. The smallest absolute Gasteiger partial charge is 0.321 e. The monoisotopic (exact) mass is 600 g/mol. The van der Waals surface area contributed by atoms with Gasteiger partial charge in [-0.05, 0) is 43.3 Å². The normalized spacial score (nSPS) is 17.8. The summed E-state index contributed by atoms with van der Waals surface area (Å²) in [6.07, 6.45) is 2.06.